The van der Waals surface area contributed by atoms with Crippen molar-refractivity contribution >= 4 is 33.4 Å². The molecule has 220 valence electrons. The Bertz CT molecular complexity index is 1450. The molecule has 4 nitrogen and oxygen atoms in total. The van der Waals surface area contributed by atoms with E-state index in [4.69, 9.17) is 0 Å². The van der Waals surface area contributed by atoms with Gasteiger partial charge in [-0.25, -0.2) is 4.39 Å². The molecule has 0 radical (unpaired) electrons. The molecule has 0 atom stereocenters. The van der Waals surface area contributed by atoms with Crippen LogP contribution in [0.5, 0.6) is 0 Å². The molecule has 1 N–H and O–H groups in total. The zero-order chi connectivity index (χ0) is 31.1. The molecule has 0 aliphatic rings. The van der Waals surface area contributed by atoms with Crippen LogP contribution in [-0.2, 0) is 11.8 Å². The lowest BCUT2D eigenvalue weighted by Crippen LogP contribution is -2.50. The van der Waals surface area contributed by atoms with Gasteiger partial charge in [0.05, 0.1) is 11.3 Å². The van der Waals surface area contributed by atoms with Crippen LogP contribution < -0.4 is 10.2 Å². The van der Waals surface area contributed by atoms with Crippen molar-refractivity contribution < 1.29 is 53.5 Å². The summed E-state index contributed by atoms with van der Waals surface area (Å²) in [4.78, 5) is 26.7. The molecule has 2 amide bonds. The van der Waals surface area contributed by atoms with E-state index in [1.54, 1.807) is 6.07 Å². The van der Waals surface area contributed by atoms with Gasteiger partial charge in [-0.1, -0.05) is 40.2 Å². The molecular formula is C26H17BrF10N2O2. The molecule has 0 saturated carbocycles. The smallest absolute Gasteiger partial charge is 0.355 e. The van der Waals surface area contributed by atoms with Gasteiger partial charge < -0.3 is 10.2 Å². The number of hydrogen-bond acceptors (Lipinski definition) is 2. The van der Waals surface area contributed by atoms with E-state index in [9.17, 15) is 53.5 Å². The van der Waals surface area contributed by atoms with Crippen molar-refractivity contribution in [3.05, 3.63) is 87.4 Å². The molecule has 3 rings (SSSR count). The topological polar surface area (TPSA) is 49.4 Å². The van der Waals surface area contributed by atoms with Crippen LogP contribution in [0.15, 0.2) is 65.1 Å². The molecule has 0 heterocycles. The first kappa shape index (κ1) is 31.9. The van der Waals surface area contributed by atoms with E-state index < -0.39 is 74.4 Å². The van der Waals surface area contributed by atoms with Gasteiger partial charge in [0, 0.05) is 46.4 Å². The molecule has 0 spiro atoms. The van der Waals surface area contributed by atoms with Gasteiger partial charge in [-0.3, -0.25) is 9.59 Å². The first-order valence-corrected chi connectivity index (χ1v) is 12.0. The Morgan fingerprint density at radius 1 is 0.780 bits per heavy atom. The van der Waals surface area contributed by atoms with Gasteiger partial charge in [-0.05, 0) is 36.4 Å². The average Bonchev–Trinajstić information content (AvgIpc) is 2.89. The summed E-state index contributed by atoms with van der Waals surface area (Å²) in [5.41, 5.74) is -13.3. The highest BCUT2D eigenvalue weighted by Gasteiger charge is 2.73. The molecule has 0 unspecified atom stereocenters. The number of anilines is 1. The van der Waals surface area contributed by atoms with Crippen LogP contribution in [0.3, 0.4) is 0 Å². The predicted octanol–water partition coefficient (Wildman–Crippen LogP) is 8.06. The maximum atomic E-state index is 14.8. The zero-order valence-corrected chi connectivity index (χ0v) is 22.3. The first-order valence-electron chi connectivity index (χ1n) is 11.2. The Labute approximate surface area is 234 Å². The van der Waals surface area contributed by atoms with Crippen molar-refractivity contribution in [2.75, 3.05) is 19.0 Å². The second-order valence-electron chi connectivity index (χ2n) is 8.54. The molecule has 0 aliphatic carbocycles. The summed E-state index contributed by atoms with van der Waals surface area (Å²) in [6.45, 7) is 0. The summed E-state index contributed by atoms with van der Waals surface area (Å²) >= 11 is 2.59. The van der Waals surface area contributed by atoms with E-state index in [2.05, 4.69) is 21.2 Å². The lowest BCUT2D eigenvalue weighted by molar-refractivity contribution is -0.348. The summed E-state index contributed by atoms with van der Waals surface area (Å²) in [5.74, 6) is -1.78. The van der Waals surface area contributed by atoms with Gasteiger partial charge >= 0.3 is 24.2 Å². The minimum Gasteiger partial charge on any atom is -0.355 e. The lowest BCUT2D eigenvalue weighted by atomic mass is 9.87. The Kier molecular flexibility index (Phi) is 8.55. The van der Waals surface area contributed by atoms with Crippen LogP contribution in [-0.4, -0.2) is 38.3 Å². The number of hydrogen-bond donors (Lipinski definition) is 1. The van der Waals surface area contributed by atoms with Crippen LogP contribution in [0, 0.1) is 0 Å². The molecule has 0 saturated heterocycles. The molecule has 15 heteroatoms. The SMILES string of the molecule is CNC(=O)c1cccc(N(C)C(=O)c2ccccc2)c1-c1c(Br)cc(C(F)(C(F)(F)F)C(F)(F)F)cc1C(F)(F)F. The molecule has 3 aromatic carbocycles. The first-order chi connectivity index (χ1) is 18.8. The van der Waals surface area contributed by atoms with E-state index >= 15 is 0 Å². The second kappa shape index (κ2) is 11.0. The highest BCUT2D eigenvalue weighted by molar-refractivity contribution is 9.10. The number of amides is 2. The highest BCUT2D eigenvalue weighted by atomic mass is 79.9. The third-order valence-corrected chi connectivity index (χ3v) is 6.65. The lowest BCUT2D eigenvalue weighted by Gasteiger charge is -2.32. The highest BCUT2D eigenvalue weighted by Crippen LogP contribution is 2.56. The monoisotopic (exact) mass is 658 g/mol. The van der Waals surface area contributed by atoms with E-state index in [0.717, 1.165) is 31.1 Å². The number of carbonyl (C=O) groups is 2. The van der Waals surface area contributed by atoms with Gasteiger partial charge in [0.15, 0.2) is 0 Å². The van der Waals surface area contributed by atoms with Crippen LogP contribution >= 0.6 is 15.9 Å². The van der Waals surface area contributed by atoms with E-state index in [1.165, 1.54) is 30.3 Å². The Balaban J connectivity index is 2.47. The van der Waals surface area contributed by atoms with Crippen molar-refractivity contribution in [3.8, 4) is 11.1 Å². The second-order valence-corrected chi connectivity index (χ2v) is 9.40. The fraction of sp³-hybridized carbons (Fsp3) is 0.231. The summed E-state index contributed by atoms with van der Waals surface area (Å²) in [5, 5.41) is 2.18. The summed E-state index contributed by atoms with van der Waals surface area (Å²) in [7, 11) is 2.25. The predicted molar refractivity (Wildman–Crippen MR) is 132 cm³/mol. The zero-order valence-electron chi connectivity index (χ0n) is 20.7. The third kappa shape index (κ3) is 5.76. The van der Waals surface area contributed by atoms with E-state index in [1.807, 2.05) is 0 Å². The van der Waals surface area contributed by atoms with Crippen LogP contribution in [0.4, 0.5) is 49.6 Å². The standard InChI is InChI=1S/C26H17BrF10N2O2/c1-38-21(40)15-9-6-10-18(39(2)22(41)13-7-4-3-5-8-13)19(15)20-16(24(29,30)31)11-14(12-17(20)27)23(28,25(32,33)34)26(35,36)37/h3-12H,1-2H3,(H,38,40). The third-order valence-electron chi connectivity index (χ3n) is 6.03. The number of alkyl halides is 10. The number of nitrogens with zero attached hydrogens (tertiary/aromatic N) is 1. The Hall–Kier alpha value is -3.62. The van der Waals surface area contributed by atoms with Crippen molar-refractivity contribution in [1.29, 1.82) is 0 Å². The van der Waals surface area contributed by atoms with Gasteiger partial charge in [0.1, 0.15) is 0 Å². The summed E-state index contributed by atoms with van der Waals surface area (Å²) < 4.78 is 137. The number of halogens is 11. The van der Waals surface area contributed by atoms with E-state index in [0.29, 0.717) is 0 Å². The maximum absolute atomic E-state index is 14.8. The van der Waals surface area contributed by atoms with Gasteiger partial charge in [-0.2, -0.15) is 39.5 Å². The van der Waals surface area contributed by atoms with Gasteiger partial charge in [0.2, 0.25) is 0 Å². The molecule has 0 aliphatic heterocycles. The molecule has 41 heavy (non-hydrogen) atoms. The Morgan fingerprint density at radius 3 is 1.83 bits per heavy atom. The normalized spacial score (nSPS) is 12.7. The molecule has 0 fully saturated rings. The number of nitrogens with one attached hydrogen (secondary N) is 1. The maximum Gasteiger partial charge on any atom is 0.435 e. The minimum absolute atomic E-state index is 0.0642. The van der Waals surface area contributed by atoms with E-state index in [-0.39, 0.29) is 17.3 Å². The van der Waals surface area contributed by atoms with Gasteiger partial charge in [-0.15, -0.1) is 0 Å². The largest absolute Gasteiger partial charge is 0.435 e. The quantitative estimate of drug-likeness (QED) is 0.282. The van der Waals surface area contributed by atoms with Crippen LogP contribution in [0.2, 0.25) is 0 Å². The van der Waals surface area contributed by atoms with Crippen LogP contribution in [0.25, 0.3) is 11.1 Å². The van der Waals surface area contributed by atoms with Crippen molar-refractivity contribution in [2.45, 2.75) is 24.2 Å². The summed E-state index contributed by atoms with van der Waals surface area (Å²) in [6.07, 6.45) is -19.0. The number of benzene rings is 3. The minimum atomic E-state index is -6.69. The molecule has 0 bridgehead atoms. The molecular weight excluding hydrogens is 642 g/mol. The number of carbonyl (C=O) groups excluding carboxylic acids is 2. The Morgan fingerprint density at radius 2 is 1.34 bits per heavy atom. The van der Waals surface area contributed by atoms with Crippen molar-refractivity contribution in [1.82, 2.24) is 5.32 Å². The fourth-order valence-electron chi connectivity index (χ4n) is 4.06. The fourth-order valence-corrected chi connectivity index (χ4v) is 4.72. The average molecular weight is 659 g/mol. The van der Waals surface area contributed by atoms with Crippen molar-refractivity contribution in [2.24, 2.45) is 0 Å². The number of rotatable bonds is 5. The van der Waals surface area contributed by atoms with Crippen molar-refractivity contribution in [3.63, 3.8) is 0 Å². The van der Waals surface area contributed by atoms with Crippen LogP contribution in [0.1, 0.15) is 31.8 Å². The molecule has 3 aromatic rings. The summed E-state index contributed by atoms with van der Waals surface area (Å²) in [6, 6.07) is 9.97. The van der Waals surface area contributed by atoms with Gasteiger partial charge in [0.25, 0.3) is 11.8 Å². The molecule has 0 aromatic heterocycles.